The molecule has 0 saturated carbocycles. The Bertz CT molecular complexity index is 949. The van der Waals surface area contributed by atoms with Gasteiger partial charge in [0, 0.05) is 20.1 Å². The fourth-order valence-corrected chi connectivity index (χ4v) is 5.00. The molecule has 0 radical (unpaired) electrons. The van der Waals surface area contributed by atoms with Crippen LogP contribution in [-0.4, -0.2) is 79.3 Å². The molecule has 178 valence electrons. The van der Waals surface area contributed by atoms with Crippen molar-refractivity contribution in [3.63, 3.8) is 0 Å². The van der Waals surface area contributed by atoms with E-state index in [1.54, 1.807) is 38.1 Å². The first-order chi connectivity index (χ1) is 14.8. The van der Waals surface area contributed by atoms with Crippen LogP contribution in [0.15, 0.2) is 30.3 Å². The van der Waals surface area contributed by atoms with Crippen molar-refractivity contribution < 1.29 is 32.6 Å². The number of imide groups is 1. The van der Waals surface area contributed by atoms with Crippen LogP contribution in [0.25, 0.3) is 0 Å². The first kappa shape index (κ1) is 25.6. The lowest BCUT2D eigenvalue weighted by Gasteiger charge is -2.25. The molecule has 1 heterocycles. The molecule has 1 atom stereocenters. The van der Waals surface area contributed by atoms with Crippen LogP contribution in [0, 0.1) is 5.41 Å². The molecule has 2 N–H and O–H groups in total. The Labute approximate surface area is 188 Å². The standard InChI is InChI=1S/C21H31N3O7S/c1-20(2)17(25)24(19(28)23(20)4)13-8-11-21(3,18(26)27)15-32(29,30)22-12-14-31-16-9-6-5-7-10-16/h5-7,9-10,22H,8,11-15H2,1-4H3,(H,26,27). The number of benzene rings is 1. The third-order valence-electron chi connectivity index (χ3n) is 5.70. The molecule has 32 heavy (non-hydrogen) atoms. The van der Waals surface area contributed by atoms with Gasteiger partial charge in [-0.2, -0.15) is 0 Å². The van der Waals surface area contributed by atoms with E-state index in [9.17, 15) is 27.9 Å². The maximum absolute atomic E-state index is 12.5. The second-order valence-electron chi connectivity index (χ2n) is 8.64. The molecular weight excluding hydrogens is 438 g/mol. The highest BCUT2D eigenvalue weighted by atomic mass is 32.2. The number of carboxylic acid groups (broad SMARTS) is 1. The van der Waals surface area contributed by atoms with Crippen LogP contribution in [0.4, 0.5) is 4.79 Å². The zero-order valence-electron chi connectivity index (χ0n) is 18.8. The monoisotopic (exact) mass is 469 g/mol. The predicted molar refractivity (Wildman–Crippen MR) is 118 cm³/mol. The number of urea groups is 1. The SMILES string of the molecule is CN1C(=O)N(CCCC(C)(CS(=O)(=O)NCCOc2ccccc2)C(=O)O)C(=O)C1(C)C. The summed E-state index contributed by atoms with van der Waals surface area (Å²) in [4.78, 5) is 39.0. The van der Waals surface area contributed by atoms with Gasteiger partial charge in [-0.3, -0.25) is 14.5 Å². The highest BCUT2D eigenvalue weighted by molar-refractivity contribution is 7.89. The van der Waals surface area contributed by atoms with E-state index in [2.05, 4.69) is 4.72 Å². The van der Waals surface area contributed by atoms with E-state index < -0.39 is 38.7 Å². The number of likely N-dealkylation sites (N-methyl/N-ethyl adjacent to an activating group) is 1. The minimum absolute atomic E-state index is 0.00880. The predicted octanol–water partition coefficient (Wildman–Crippen LogP) is 1.53. The summed E-state index contributed by atoms with van der Waals surface area (Å²) < 4.78 is 32.7. The topological polar surface area (TPSA) is 133 Å². The first-order valence-corrected chi connectivity index (χ1v) is 11.9. The van der Waals surface area contributed by atoms with Crippen LogP contribution in [-0.2, 0) is 19.6 Å². The van der Waals surface area contributed by atoms with Crippen LogP contribution in [0.1, 0.15) is 33.6 Å². The fraction of sp³-hybridized carbons (Fsp3) is 0.571. The number of para-hydroxylation sites is 1. The number of rotatable bonds is 12. The Kier molecular flexibility index (Phi) is 7.89. The van der Waals surface area contributed by atoms with E-state index in [4.69, 9.17) is 4.74 Å². The van der Waals surface area contributed by atoms with Crippen molar-refractivity contribution in [1.82, 2.24) is 14.5 Å². The lowest BCUT2D eigenvalue weighted by molar-refractivity contribution is -0.147. The highest BCUT2D eigenvalue weighted by Gasteiger charge is 2.49. The normalized spacial score (nSPS) is 18.0. The van der Waals surface area contributed by atoms with Crippen molar-refractivity contribution in [1.29, 1.82) is 0 Å². The van der Waals surface area contributed by atoms with Gasteiger partial charge < -0.3 is 14.7 Å². The summed E-state index contributed by atoms with van der Waals surface area (Å²) in [5.41, 5.74) is -2.55. The van der Waals surface area contributed by atoms with Crippen molar-refractivity contribution in [2.45, 2.75) is 39.2 Å². The second-order valence-corrected chi connectivity index (χ2v) is 10.4. The molecule has 0 bridgehead atoms. The third kappa shape index (κ3) is 5.98. The maximum atomic E-state index is 12.5. The van der Waals surface area contributed by atoms with Crippen LogP contribution >= 0.6 is 0 Å². The van der Waals surface area contributed by atoms with Crippen molar-refractivity contribution >= 4 is 27.9 Å². The van der Waals surface area contributed by atoms with E-state index in [1.807, 2.05) is 6.07 Å². The largest absolute Gasteiger partial charge is 0.492 e. The number of sulfonamides is 1. The molecule has 0 spiro atoms. The van der Waals surface area contributed by atoms with E-state index in [0.29, 0.717) is 5.75 Å². The van der Waals surface area contributed by atoms with Gasteiger partial charge in [0.05, 0.1) is 11.2 Å². The van der Waals surface area contributed by atoms with E-state index >= 15 is 0 Å². The van der Waals surface area contributed by atoms with Gasteiger partial charge in [-0.25, -0.2) is 17.9 Å². The molecule has 2 rings (SSSR count). The average molecular weight is 470 g/mol. The number of carbonyl (C=O) groups excluding carboxylic acids is 2. The molecule has 1 fully saturated rings. The number of nitrogens with one attached hydrogen (secondary N) is 1. The molecule has 1 aromatic rings. The molecular formula is C21H31N3O7S. The van der Waals surface area contributed by atoms with E-state index in [-0.39, 0.29) is 38.4 Å². The summed E-state index contributed by atoms with van der Waals surface area (Å²) in [6, 6.07) is 8.44. The number of amides is 3. The average Bonchev–Trinajstić information content (AvgIpc) is 2.86. The number of nitrogens with zero attached hydrogens (tertiary/aromatic N) is 2. The van der Waals surface area contributed by atoms with Crippen LogP contribution in [0.2, 0.25) is 0 Å². The maximum Gasteiger partial charge on any atom is 0.327 e. The third-order valence-corrected chi connectivity index (χ3v) is 7.36. The van der Waals surface area contributed by atoms with E-state index in [1.165, 1.54) is 18.9 Å². The molecule has 1 saturated heterocycles. The summed E-state index contributed by atoms with van der Waals surface area (Å²) in [5, 5.41) is 9.66. The zero-order valence-corrected chi connectivity index (χ0v) is 19.6. The number of hydrogen-bond donors (Lipinski definition) is 2. The lowest BCUT2D eigenvalue weighted by Crippen LogP contribution is -2.42. The zero-order chi connectivity index (χ0) is 24.2. The Morgan fingerprint density at radius 2 is 1.84 bits per heavy atom. The summed E-state index contributed by atoms with van der Waals surface area (Å²) in [6.45, 7) is 4.72. The summed E-state index contributed by atoms with van der Waals surface area (Å²) in [6.07, 6.45) is 0.141. The Morgan fingerprint density at radius 3 is 2.38 bits per heavy atom. The lowest BCUT2D eigenvalue weighted by atomic mass is 9.87. The molecule has 1 aromatic carbocycles. The minimum atomic E-state index is -3.90. The van der Waals surface area contributed by atoms with Crippen molar-refractivity contribution in [3.8, 4) is 5.75 Å². The first-order valence-electron chi connectivity index (χ1n) is 10.3. The van der Waals surface area contributed by atoms with Crippen molar-refractivity contribution in [3.05, 3.63) is 30.3 Å². The number of hydrogen-bond acceptors (Lipinski definition) is 6. The Balaban J connectivity index is 1.89. The molecule has 11 heteroatoms. The number of carboxylic acids is 1. The minimum Gasteiger partial charge on any atom is -0.492 e. The Hall–Kier alpha value is -2.66. The second kappa shape index (κ2) is 9.86. The molecule has 0 aliphatic carbocycles. The quantitative estimate of drug-likeness (QED) is 0.350. The molecule has 10 nitrogen and oxygen atoms in total. The molecule has 3 amide bonds. The van der Waals surface area contributed by atoms with Crippen molar-refractivity contribution in [2.75, 3.05) is 32.5 Å². The molecule has 1 aliphatic rings. The van der Waals surface area contributed by atoms with Gasteiger partial charge in [-0.15, -0.1) is 0 Å². The van der Waals surface area contributed by atoms with Gasteiger partial charge in [0.2, 0.25) is 10.0 Å². The molecule has 1 aliphatic heterocycles. The van der Waals surface area contributed by atoms with Gasteiger partial charge in [-0.05, 0) is 45.7 Å². The number of ether oxygens (including phenoxy) is 1. The van der Waals surface area contributed by atoms with Gasteiger partial charge in [-0.1, -0.05) is 18.2 Å². The highest BCUT2D eigenvalue weighted by Crippen LogP contribution is 2.29. The van der Waals surface area contributed by atoms with Crippen molar-refractivity contribution in [2.24, 2.45) is 5.41 Å². The number of carbonyl (C=O) groups is 3. The van der Waals surface area contributed by atoms with Gasteiger partial charge >= 0.3 is 12.0 Å². The van der Waals surface area contributed by atoms with Gasteiger partial charge in [0.1, 0.15) is 17.9 Å². The fourth-order valence-electron chi connectivity index (χ4n) is 3.40. The summed E-state index contributed by atoms with van der Waals surface area (Å²) >= 11 is 0. The van der Waals surface area contributed by atoms with Gasteiger partial charge in [0.25, 0.3) is 5.91 Å². The van der Waals surface area contributed by atoms with Gasteiger partial charge in [0.15, 0.2) is 0 Å². The molecule has 0 aromatic heterocycles. The number of aliphatic carboxylic acids is 1. The smallest absolute Gasteiger partial charge is 0.327 e. The van der Waals surface area contributed by atoms with E-state index in [0.717, 1.165) is 4.90 Å². The van der Waals surface area contributed by atoms with Crippen LogP contribution in [0.5, 0.6) is 5.75 Å². The summed E-state index contributed by atoms with van der Waals surface area (Å²) in [7, 11) is -2.37. The molecule has 1 unspecified atom stereocenters. The Morgan fingerprint density at radius 1 is 1.22 bits per heavy atom. The summed E-state index contributed by atoms with van der Waals surface area (Å²) in [5.74, 6) is -1.66. The van der Waals surface area contributed by atoms with Crippen LogP contribution < -0.4 is 9.46 Å². The van der Waals surface area contributed by atoms with Crippen LogP contribution in [0.3, 0.4) is 0 Å².